The highest BCUT2D eigenvalue weighted by Gasteiger charge is 2.28. The van der Waals surface area contributed by atoms with Crippen LogP contribution in [0.4, 0.5) is 0 Å². The fraction of sp³-hybridized carbons (Fsp3) is 0.962. The van der Waals surface area contributed by atoms with Crippen LogP contribution in [0.25, 0.3) is 0 Å². The van der Waals surface area contributed by atoms with Crippen LogP contribution in [0.2, 0.25) is 0 Å². The predicted octanol–water partition coefficient (Wildman–Crippen LogP) is 7.38. The molecule has 0 spiro atoms. The zero-order valence-electron chi connectivity index (χ0n) is 20.2. The summed E-state index contributed by atoms with van der Waals surface area (Å²) in [6.07, 6.45) is 18.5. The summed E-state index contributed by atoms with van der Waals surface area (Å²) in [6, 6.07) is 0. The van der Waals surface area contributed by atoms with Crippen molar-refractivity contribution >= 4 is 5.91 Å². The molecule has 3 nitrogen and oxygen atoms in total. The topological polar surface area (TPSA) is 29.5 Å². The second-order valence-electron chi connectivity index (χ2n) is 9.34. The Bertz CT molecular complexity index is 382. The number of unbranched alkanes of at least 4 members (excludes halogenated alkanes) is 5. The van der Waals surface area contributed by atoms with Gasteiger partial charge in [-0.1, -0.05) is 85.5 Å². The summed E-state index contributed by atoms with van der Waals surface area (Å²) in [5.41, 5.74) is 0. The molecule has 0 aromatic rings. The van der Waals surface area contributed by atoms with Crippen molar-refractivity contribution in [2.24, 2.45) is 11.8 Å². The number of hydrogen-bond donors (Lipinski definition) is 0. The standard InChI is InChI=1S/C26H51NO2/c1-5-9-13-15-23(14-10-6-2)22-29-25-18-20-27(21-19-25)26(28)24(16-11-7-3)17-12-8-4/h23-25H,5-22H2,1-4H3. The first-order valence-electron chi connectivity index (χ1n) is 13.1. The lowest BCUT2D eigenvalue weighted by atomic mass is 9.93. The number of nitrogens with zero attached hydrogens (tertiary/aromatic N) is 1. The Kier molecular flexibility index (Phi) is 15.6. The van der Waals surface area contributed by atoms with Gasteiger partial charge in [-0.25, -0.2) is 0 Å². The SMILES string of the molecule is CCCCCC(CCCC)COC1CCN(C(=O)C(CCCC)CCCC)CC1. The summed E-state index contributed by atoms with van der Waals surface area (Å²) in [5.74, 6) is 1.41. The van der Waals surface area contributed by atoms with E-state index >= 15 is 0 Å². The number of amides is 1. The molecule has 0 saturated carbocycles. The Morgan fingerprint density at radius 2 is 1.31 bits per heavy atom. The van der Waals surface area contributed by atoms with Gasteiger partial charge in [0.05, 0.1) is 6.10 Å². The molecule has 1 saturated heterocycles. The molecule has 1 rings (SSSR count). The maximum atomic E-state index is 13.0. The highest BCUT2D eigenvalue weighted by atomic mass is 16.5. The molecule has 29 heavy (non-hydrogen) atoms. The molecule has 1 heterocycles. The highest BCUT2D eigenvalue weighted by molar-refractivity contribution is 5.78. The Morgan fingerprint density at radius 1 is 0.793 bits per heavy atom. The molecule has 1 amide bonds. The van der Waals surface area contributed by atoms with Crippen LogP contribution in [0.15, 0.2) is 0 Å². The van der Waals surface area contributed by atoms with Crippen molar-refractivity contribution in [3.8, 4) is 0 Å². The minimum absolute atomic E-state index is 0.254. The fourth-order valence-corrected chi connectivity index (χ4v) is 4.55. The van der Waals surface area contributed by atoms with E-state index < -0.39 is 0 Å². The number of hydrogen-bond acceptors (Lipinski definition) is 2. The molecular weight excluding hydrogens is 358 g/mol. The highest BCUT2D eigenvalue weighted by Crippen LogP contribution is 2.24. The summed E-state index contributed by atoms with van der Waals surface area (Å²) in [6.45, 7) is 11.7. The molecule has 0 bridgehead atoms. The Hall–Kier alpha value is -0.570. The van der Waals surface area contributed by atoms with Gasteiger partial charge in [-0.2, -0.15) is 0 Å². The van der Waals surface area contributed by atoms with E-state index in [1.54, 1.807) is 0 Å². The van der Waals surface area contributed by atoms with Crippen molar-refractivity contribution in [1.82, 2.24) is 4.90 Å². The van der Waals surface area contributed by atoms with Crippen LogP contribution in [0.1, 0.15) is 124 Å². The lowest BCUT2D eigenvalue weighted by Crippen LogP contribution is -2.44. The molecule has 0 aromatic heterocycles. The largest absolute Gasteiger partial charge is 0.378 e. The van der Waals surface area contributed by atoms with E-state index in [1.165, 1.54) is 70.6 Å². The molecule has 1 atom stereocenters. The molecule has 0 aliphatic carbocycles. The first kappa shape index (κ1) is 26.5. The quantitative estimate of drug-likeness (QED) is 0.235. The van der Waals surface area contributed by atoms with Gasteiger partial charge in [-0.05, 0) is 44.4 Å². The maximum absolute atomic E-state index is 13.0. The van der Waals surface area contributed by atoms with E-state index in [0.29, 0.717) is 12.0 Å². The van der Waals surface area contributed by atoms with Crippen LogP contribution in [0.3, 0.4) is 0 Å². The van der Waals surface area contributed by atoms with Gasteiger partial charge in [0.25, 0.3) is 0 Å². The van der Waals surface area contributed by atoms with Crippen LogP contribution in [0, 0.1) is 11.8 Å². The summed E-state index contributed by atoms with van der Waals surface area (Å²) >= 11 is 0. The van der Waals surface area contributed by atoms with Crippen LogP contribution >= 0.6 is 0 Å². The number of likely N-dealkylation sites (tertiary alicyclic amines) is 1. The molecule has 3 heteroatoms. The third kappa shape index (κ3) is 11.4. The Labute approximate surface area is 182 Å². The number of carbonyl (C=O) groups excluding carboxylic acids is 1. The van der Waals surface area contributed by atoms with Crippen molar-refractivity contribution in [3.63, 3.8) is 0 Å². The van der Waals surface area contributed by atoms with Crippen molar-refractivity contribution in [3.05, 3.63) is 0 Å². The summed E-state index contributed by atoms with van der Waals surface area (Å²) in [7, 11) is 0. The molecule has 1 aliphatic rings. The average molecular weight is 410 g/mol. The lowest BCUT2D eigenvalue weighted by molar-refractivity contribution is -0.139. The third-order valence-corrected chi connectivity index (χ3v) is 6.66. The summed E-state index contributed by atoms with van der Waals surface area (Å²) in [4.78, 5) is 15.2. The van der Waals surface area contributed by atoms with Gasteiger partial charge in [-0.15, -0.1) is 0 Å². The average Bonchev–Trinajstić information content (AvgIpc) is 2.75. The van der Waals surface area contributed by atoms with Gasteiger partial charge in [0.1, 0.15) is 0 Å². The van der Waals surface area contributed by atoms with E-state index in [-0.39, 0.29) is 5.92 Å². The van der Waals surface area contributed by atoms with Crippen molar-refractivity contribution in [2.45, 2.75) is 130 Å². The zero-order valence-corrected chi connectivity index (χ0v) is 20.2. The zero-order chi connectivity index (χ0) is 21.3. The van der Waals surface area contributed by atoms with E-state index in [1.807, 2.05) is 0 Å². The minimum Gasteiger partial charge on any atom is -0.378 e. The smallest absolute Gasteiger partial charge is 0.225 e. The minimum atomic E-state index is 0.254. The summed E-state index contributed by atoms with van der Waals surface area (Å²) < 4.78 is 6.35. The second-order valence-corrected chi connectivity index (χ2v) is 9.34. The lowest BCUT2D eigenvalue weighted by Gasteiger charge is -2.35. The molecule has 0 N–H and O–H groups in total. The van der Waals surface area contributed by atoms with E-state index in [0.717, 1.165) is 51.3 Å². The van der Waals surface area contributed by atoms with Crippen LogP contribution in [0.5, 0.6) is 0 Å². The van der Waals surface area contributed by atoms with Crippen LogP contribution in [-0.2, 0) is 9.53 Å². The van der Waals surface area contributed by atoms with Gasteiger partial charge in [-0.3, -0.25) is 4.79 Å². The molecule has 0 radical (unpaired) electrons. The number of piperidine rings is 1. The second kappa shape index (κ2) is 17.1. The van der Waals surface area contributed by atoms with Gasteiger partial charge in [0, 0.05) is 25.6 Å². The Balaban J connectivity index is 2.39. The first-order chi connectivity index (χ1) is 14.2. The fourth-order valence-electron chi connectivity index (χ4n) is 4.55. The van der Waals surface area contributed by atoms with E-state index in [4.69, 9.17) is 4.74 Å². The molecule has 1 aliphatic heterocycles. The van der Waals surface area contributed by atoms with Gasteiger partial charge < -0.3 is 9.64 Å². The predicted molar refractivity (Wildman–Crippen MR) is 125 cm³/mol. The summed E-state index contributed by atoms with van der Waals surface area (Å²) in [5, 5.41) is 0. The third-order valence-electron chi connectivity index (χ3n) is 6.66. The number of rotatable bonds is 17. The maximum Gasteiger partial charge on any atom is 0.225 e. The normalized spacial score (nSPS) is 16.5. The number of carbonyl (C=O) groups is 1. The van der Waals surface area contributed by atoms with E-state index in [9.17, 15) is 4.79 Å². The van der Waals surface area contributed by atoms with Gasteiger partial charge >= 0.3 is 0 Å². The van der Waals surface area contributed by atoms with Gasteiger partial charge in [0.2, 0.25) is 5.91 Å². The molecule has 172 valence electrons. The Morgan fingerprint density at radius 3 is 1.86 bits per heavy atom. The van der Waals surface area contributed by atoms with Crippen LogP contribution in [-0.4, -0.2) is 36.6 Å². The van der Waals surface area contributed by atoms with Crippen molar-refractivity contribution < 1.29 is 9.53 Å². The van der Waals surface area contributed by atoms with Crippen molar-refractivity contribution in [1.29, 1.82) is 0 Å². The number of ether oxygens (including phenoxy) is 1. The molecular formula is C26H51NO2. The van der Waals surface area contributed by atoms with Crippen LogP contribution < -0.4 is 0 Å². The molecule has 0 aromatic carbocycles. The van der Waals surface area contributed by atoms with Crippen molar-refractivity contribution in [2.75, 3.05) is 19.7 Å². The van der Waals surface area contributed by atoms with E-state index in [2.05, 4.69) is 32.6 Å². The monoisotopic (exact) mass is 409 g/mol. The molecule has 1 unspecified atom stereocenters. The first-order valence-corrected chi connectivity index (χ1v) is 13.1. The molecule has 1 fully saturated rings. The van der Waals surface area contributed by atoms with Gasteiger partial charge in [0.15, 0.2) is 0 Å².